The van der Waals surface area contributed by atoms with Crippen molar-refractivity contribution in [3.05, 3.63) is 101 Å². The number of ether oxygens (including phenoxy) is 2. The average Bonchev–Trinajstić information content (AvgIpc) is 3.29. The third-order valence-electron chi connectivity index (χ3n) is 6.28. The van der Waals surface area contributed by atoms with Crippen molar-refractivity contribution in [1.29, 1.82) is 0 Å². The Morgan fingerprint density at radius 3 is 2.38 bits per heavy atom. The maximum atomic E-state index is 13.4. The molecule has 0 amide bonds. The molecule has 0 spiro atoms. The summed E-state index contributed by atoms with van der Waals surface area (Å²) in [4.78, 5) is 5.65. The molecular weight excluding hydrogens is 551 g/mol. The van der Waals surface area contributed by atoms with Crippen molar-refractivity contribution < 1.29 is 41.3 Å². The molecule has 0 bridgehead atoms. The SMILES string of the molecule is [C-]#[N+]c1ccc(O[C@H]2CN(S(=O)(=O)c3ccc(C(F)(F)F)cc3[N+]#[C-])C[C@@]2(O)CO)c(OCc2ccccc2)c1. The third kappa shape index (κ3) is 5.88. The molecule has 1 aliphatic rings. The third-order valence-corrected chi connectivity index (χ3v) is 8.14. The van der Waals surface area contributed by atoms with Crippen molar-refractivity contribution in [3.8, 4) is 11.5 Å². The summed E-state index contributed by atoms with van der Waals surface area (Å²) in [6.07, 6.45) is -6.12. The molecule has 0 aromatic heterocycles. The Balaban J connectivity index is 1.62. The van der Waals surface area contributed by atoms with Crippen molar-refractivity contribution in [2.24, 2.45) is 0 Å². The van der Waals surface area contributed by atoms with Gasteiger partial charge in [-0.25, -0.2) is 18.1 Å². The van der Waals surface area contributed by atoms with Crippen LogP contribution in [0.4, 0.5) is 24.5 Å². The second kappa shape index (κ2) is 11.2. The van der Waals surface area contributed by atoms with Gasteiger partial charge in [-0.2, -0.15) is 17.5 Å². The monoisotopic (exact) mass is 573 g/mol. The summed E-state index contributed by atoms with van der Waals surface area (Å²) < 4.78 is 78.6. The quantitative estimate of drug-likeness (QED) is 0.383. The van der Waals surface area contributed by atoms with Gasteiger partial charge in [-0.3, -0.25) is 0 Å². The van der Waals surface area contributed by atoms with Gasteiger partial charge in [0.15, 0.2) is 17.2 Å². The number of alkyl halides is 3. The molecule has 40 heavy (non-hydrogen) atoms. The second-order valence-corrected chi connectivity index (χ2v) is 10.9. The van der Waals surface area contributed by atoms with Crippen LogP contribution in [0.1, 0.15) is 11.1 Å². The number of aliphatic hydroxyl groups excluding tert-OH is 1. The van der Waals surface area contributed by atoms with E-state index in [-0.39, 0.29) is 23.8 Å². The van der Waals surface area contributed by atoms with E-state index in [0.717, 1.165) is 9.87 Å². The minimum Gasteiger partial charge on any atom is -0.486 e. The molecule has 208 valence electrons. The summed E-state index contributed by atoms with van der Waals surface area (Å²) >= 11 is 0. The zero-order valence-electron chi connectivity index (χ0n) is 20.7. The first-order chi connectivity index (χ1) is 18.9. The van der Waals surface area contributed by atoms with Crippen molar-refractivity contribution in [2.45, 2.75) is 29.4 Å². The van der Waals surface area contributed by atoms with E-state index in [0.29, 0.717) is 18.2 Å². The Bertz CT molecular complexity index is 1590. The summed E-state index contributed by atoms with van der Waals surface area (Å²) in [6, 6.07) is 15.1. The molecule has 4 rings (SSSR count). The van der Waals surface area contributed by atoms with Crippen LogP contribution >= 0.6 is 0 Å². The number of rotatable bonds is 8. The molecule has 0 aliphatic carbocycles. The van der Waals surface area contributed by atoms with Gasteiger partial charge in [0.05, 0.1) is 31.2 Å². The largest absolute Gasteiger partial charge is 0.486 e. The van der Waals surface area contributed by atoms with E-state index >= 15 is 0 Å². The van der Waals surface area contributed by atoms with Crippen LogP contribution in [0.3, 0.4) is 0 Å². The van der Waals surface area contributed by atoms with Gasteiger partial charge in [-0.15, -0.1) is 0 Å². The summed E-state index contributed by atoms with van der Waals surface area (Å²) in [7, 11) is -4.59. The summed E-state index contributed by atoms with van der Waals surface area (Å²) in [5.74, 6) is 0.202. The molecular formula is C27H22F3N3O6S. The van der Waals surface area contributed by atoms with Gasteiger partial charge in [0.1, 0.15) is 18.3 Å². The molecule has 1 saturated heterocycles. The lowest BCUT2D eigenvalue weighted by Crippen LogP contribution is -2.48. The van der Waals surface area contributed by atoms with Gasteiger partial charge < -0.3 is 19.7 Å². The molecule has 0 radical (unpaired) electrons. The summed E-state index contributed by atoms with van der Waals surface area (Å²) in [5, 5.41) is 21.1. The first-order valence-electron chi connectivity index (χ1n) is 11.7. The van der Waals surface area contributed by atoms with Gasteiger partial charge >= 0.3 is 6.18 Å². The molecule has 3 aromatic carbocycles. The lowest BCUT2D eigenvalue weighted by Gasteiger charge is -2.27. The number of hydrogen-bond acceptors (Lipinski definition) is 6. The highest BCUT2D eigenvalue weighted by atomic mass is 32.2. The minimum absolute atomic E-state index is 0.0656. The molecule has 0 unspecified atom stereocenters. The van der Waals surface area contributed by atoms with Crippen LogP contribution in [0.5, 0.6) is 11.5 Å². The first kappa shape index (κ1) is 28.9. The molecule has 2 atom stereocenters. The van der Waals surface area contributed by atoms with Crippen molar-refractivity contribution >= 4 is 21.4 Å². The Hall–Kier alpha value is -4.14. The van der Waals surface area contributed by atoms with E-state index in [1.165, 1.54) is 18.2 Å². The highest BCUT2D eigenvalue weighted by molar-refractivity contribution is 7.89. The fourth-order valence-electron chi connectivity index (χ4n) is 4.11. The fourth-order valence-corrected chi connectivity index (χ4v) is 5.72. The molecule has 0 saturated carbocycles. The van der Waals surface area contributed by atoms with E-state index in [1.54, 1.807) is 0 Å². The van der Waals surface area contributed by atoms with E-state index in [4.69, 9.17) is 22.6 Å². The molecule has 2 N–H and O–H groups in total. The van der Waals surface area contributed by atoms with Crippen LogP contribution in [0.2, 0.25) is 0 Å². The van der Waals surface area contributed by atoms with Gasteiger partial charge in [0.2, 0.25) is 15.7 Å². The molecule has 1 heterocycles. The average molecular weight is 574 g/mol. The normalized spacial score (nSPS) is 19.5. The number of hydrogen-bond donors (Lipinski definition) is 2. The smallest absolute Gasteiger partial charge is 0.415 e. The van der Waals surface area contributed by atoms with Crippen LogP contribution in [0.25, 0.3) is 9.69 Å². The lowest BCUT2D eigenvalue weighted by atomic mass is 10.0. The minimum atomic E-state index is -4.78. The predicted octanol–water partition coefficient (Wildman–Crippen LogP) is 4.56. The highest BCUT2D eigenvalue weighted by Gasteiger charge is 2.51. The topological polar surface area (TPSA) is 105 Å². The Morgan fingerprint density at radius 1 is 1.02 bits per heavy atom. The number of aliphatic hydroxyl groups is 2. The van der Waals surface area contributed by atoms with E-state index in [1.807, 2.05) is 30.3 Å². The van der Waals surface area contributed by atoms with Crippen molar-refractivity contribution in [3.63, 3.8) is 0 Å². The number of benzene rings is 3. The Morgan fingerprint density at radius 2 is 1.75 bits per heavy atom. The van der Waals surface area contributed by atoms with Gasteiger partial charge in [0.25, 0.3) is 0 Å². The lowest BCUT2D eigenvalue weighted by molar-refractivity contribution is -0.137. The maximum Gasteiger partial charge on any atom is 0.415 e. The zero-order chi connectivity index (χ0) is 29.1. The first-order valence-corrected chi connectivity index (χ1v) is 13.1. The standard InChI is InChI=1S/C27H22F3N3O6S/c1-31-20-9-10-22(23(13-20)38-15-18-6-4-3-5-7-18)39-25-14-33(16-26(25,35)17-34)40(36,37)24-11-8-19(27(28,29)30)12-21(24)32-2/h3-13,25,34-35H,14-17H2/t25-,26+/m0/s1. The summed E-state index contributed by atoms with van der Waals surface area (Å²) in [6.45, 7) is 12.5. The van der Waals surface area contributed by atoms with E-state index < -0.39 is 63.7 Å². The van der Waals surface area contributed by atoms with Crippen LogP contribution in [0, 0.1) is 13.1 Å². The number of β-amino-alcohol motifs (C(OH)–C–C–N with tert-alkyl or cyclic N) is 1. The number of sulfonamides is 1. The number of halogens is 3. The molecule has 3 aromatic rings. The molecule has 1 aliphatic heterocycles. The highest BCUT2D eigenvalue weighted by Crippen LogP contribution is 2.39. The van der Waals surface area contributed by atoms with Gasteiger partial charge in [0, 0.05) is 12.1 Å². The Labute approximate surface area is 228 Å². The molecule has 1 fully saturated rings. The van der Waals surface area contributed by atoms with Gasteiger partial charge in [-0.05, 0) is 23.8 Å². The van der Waals surface area contributed by atoms with Crippen molar-refractivity contribution in [2.75, 3.05) is 19.7 Å². The second-order valence-electron chi connectivity index (χ2n) is 8.97. The van der Waals surface area contributed by atoms with E-state index in [2.05, 4.69) is 9.69 Å². The van der Waals surface area contributed by atoms with E-state index in [9.17, 15) is 31.8 Å². The van der Waals surface area contributed by atoms with Crippen LogP contribution in [-0.2, 0) is 22.8 Å². The van der Waals surface area contributed by atoms with Crippen molar-refractivity contribution in [1.82, 2.24) is 4.31 Å². The predicted molar refractivity (Wildman–Crippen MR) is 136 cm³/mol. The molecule has 9 nitrogen and oxygen atoms in total. The maximum absolute atomic E-state index is 13.4. The summed E-state index contributed by atoms with van der Waals surface area (Å²) in [5.41, 5.74) is -2.97. The Kier molecular flexibility index (Phi) is 8.05. The fraction of sp³-hybridized carbons (Fsp3) is 0.259. The number of nitrogens with zero attached hydrogens (tertiary/aromatic N) is 3. The van der Waals surface area contributed by atoms with Crippen LogP contribution in [-0.4, -0.2) is 54.3 Å². The van der Waals surface area contributed by atoms with Crippen LogP contribution in [0.15, 0.2) is 71.6 Å². The van der Waals surface area contributed by atoms with Gasteiger partial charge in [-0.1, -0.05) is 48.5 Å². The molecule has 13 heteroatoms. The van der Waals surface area contributed by atoms with Crippen LogP contribution < -0.4 is 9.47 Å². The zero-order valence-corrected chi connectivity index (χ0v) is 21.5.